The maximum absolute atomic E-state index is 13.1. The first kappa shape index (κ1) is 20.6. The summed E-state index contributed by atoms with van der Waals surface area (Å²) >= 11 is 6.03. The number of carbonyl (C=O) groups is 1. The van der Waals surface area contributed by atoms with E-state index in [2.05, 4.69) is 10.0 Å². The number of carbonyl (C=O) groups excluding carboxylic acids is 1. The molecule has 0 aliphatic heterocycles. The maximum Gasteiger partial charge on any atom is 0.262 e. The van der Waals surface area contributed by atoms with Crippen LogP contribution >= 0.6 is 11.6 Å². The fourth-order valence-corrected chi connectivity index (χ4v) is 3.81. The summed E-state index contributed by atoms with van der Waals surface area (Å²) in [6.07, 6.45) is 0. The molecule has 3 aromatic carbocycles. The fourth-order valence-electron chi connectivity index (χ4n) is 2.53. The molecule has 0 unspecified atom stereocenters. The Labute approximate surface area is 172 Å². The monoisotopic (exact) mass is 434 g/mol. The summed E-state index contributed by atoms with van der Waals surface area (Å²) in [5, 5.41) is 2.95. The van der Waals surface area contributed by atoms with Crippen molar-refractivity contribution in [3.05, 3.63) is 83.1 Å². The highest BCUT2D eigenvalue weighted by Gasteiger charge is 2.18. The van der Waals surface area contributed by atoms with Crippen molar-refractivity contribution in [3.8, 4) is 5.75 Å². The van der Waals surface area contributed by atoms with Gasteiger partial charge in [-0.25, -0.2) is 12.8 Å². The van der Waals surface area contributed by atoms with Gasteiger partial charge in [0.25, 0.3) is 15.9 Å². The van der Waals surface area contributed by atoms with Gasteiger partial charge in [-0.15, -0.1) is 0 Å². The minimum atomic E-state index is -4.00. The normalized spacial score (nSPS) is 11.0. The van der Waals surface area contributed by atoms with Gasteiger partial charge in [0.05, 0.1) is 28.3 Å². The van der Waals surface area contributed by atoms with E-state index >= 15 is 0 Å². The van der Waals surface area contributed by atoms with Gasteiger partial charge in [-0.1, -0.05) is 23.7 Å². The van der Waals surface area contributed by atoms with Gasteiger partial charge in [0.15, 0.2) is 0 Å². The van der Waals surface area contributed by atoms with Gasteiger partial charge >= 0.3 is 0 Å². The van der Waals surface area contributed by atoms with Crippen LogP contribution in [0.5, 0.6) is 5.75 Å². The summed E-state index contributed by atoms with van der Waals surface area (Å²) in [7, 11) is -2.62. The van der Waals surface area contributed by atoms with Crippen molar-refractivity contribution in [1.29, 1.82) is 0 Å². The summed E-state index contributed by atoms with van der Waals surface area (Å²) < 4.78 is 45.8. The number of hydrogen-bond donors (Lipinski definition) is 2. The molecule has 9 heteroatoms. The molecule has 29 heavy (non-hydrogen) atoms. The van der Waals surface area contributed by atoms with Crippen molar-refractivity contribution in [2.45, 2.75) is 4.90 Å². The average Bonchev–Trinajstić information content (AvgIpc) is 2.68. The van der Waals surface area contributed by atoms with E-state index in [0.29, 0.717) is 5.69 Å². The van der Waals surface area contributed by atoms with Crippen LogP contribution in [0.25, 0.3) is 0 Å². The van der Waals surface area contributed by atoms with Crippen molar-refractivity contribution in [2.24, 2.45) is 0 Å². The minimum Gasteiger partial charge on any atom is -0.495 e. The van der Waals surface area contributed by atoms with E-state index in [1.54, 1.807) is 30.3 Å². The number of sulfonamides is 1. The smallest absolute Gasteiger partial charge is 0.262 e. The van der Waals surface area contributed by atoms with Crippen LogP contribution in [0.15, 0.2) is 71.6 Å². The van der Waals surface area contributed by atoms with E-state index in [0.717, 1.165) is 24.3 Å². The highest BCUT2D eigenvalue weighted by Crippen LogP contribution is 2.30. The Hall–Kier alpha value is -3.10. The Kier molecular flexibility index (Phi) is 6.05. The summed E-state index contributed by atoms with van der Waals surface area (Å²) in [5.41, 5.74) is 0.708. The molecular weight excluding hydrogens is 419 g/mol. The molecule has 0 heterocycles. The standard InChI is InChI=1S/C20H16ClFN2O4S/c1-28-19-11-8-14(23-20(25)16-4-2-3-5-17(16)21)12-18(19)24-29(26,27)15-9-6-13(22)7-10-15/h2-12,24H,1H3,(H,23,25). The highest BCUT2D eigenvalue weighted by atomic mass is 35.5. The van der Waals surface area contributed by atoms with Crippen LogP contribution in [0.3, 0.4) is 0 Å². The number of rotatable bonds is 6. The lowest BCUT2D eigenvalue weighted by Gasteiger charge is -2.14. The fraction of sp³-hybridized carbons (Fsp3) is 0.0500. The second kappa shape index (κ2) is 8.50. The van der Waals surface area contributed by atoms with Crippen molar-refractivity contribution in [1.82, 2.24) is 0 Å². The molecule has 1 amide bonds. The first-order valence-electron chi connectivity index (χ1n) is 8.32. The summed E-state index contributed by atoms with van der Waals surface area (Å²) in [6.45, 7) is 0. The molecule has 0 atom stereocenters. The lowest BCUT2D eigenvalue weighted by atomic mass is 10.2. The molecule has 0 fully saturated rings. The third kappa shape index (κ3) is 4.85. The van der Waals surface area contributed by atoms with Crippen molar-refractivity contribution >= 4 is 38.9 Å². The van der Waals surface area contributed by atoms with Crippen molar-refractivity contribution in [2.75, 3.05) is 17.1 Å². The Bertz CT molecular complexity index is 1150. The Morgan fingerprint density at radius 1 is 1.03 bits per heavy atom. The molecule has 0 aliphatic carbocycles. The van der Waals surface area contributed by atoms with Crippen LogP contribution in [0.1, 0.15) is 10.4 Å². The van der Waals surface area contributed by atoms with Crippen LogP contribution in [-0.2, 0) is 10.0 Å². The van der Waals surface area contributed by atoms with Crippen LogP contribution < -0.4 is 14.8 Å². The predicted octanol–water partition coefficient (Wildman–Crippen LogP) is 4.54. The van der Waals surface area contributed by atoms with Crippen molar-refractivity contribution < 1.29 is 22.3 Å². The largest absolute Gasteiger partial charge is 0.495 e. The molecule has 0 radical (unpaired) electrons. The highest BCUT2D eigenvalue weighted by molar-refractivity contribution is 7.92. The van der Waals surface area contributed by atoms with E-state index in [-0.39, 0.29) is 26.9 Å². The number of anilines is 2. The first-order chi connectivity index (χ1) is 13.8. The molecule has 0 aliphatic rings. The van der Waals surface area contributed by atoms with Crippen LogP contribution in [0, 0.1) is 5.82 Å². The van der Waals surface area contributed by atoms with E-state index in [1.807, 2.05) is 0 Å². The molecule has 3 aromatic rings. The number of nitrogens with one attached hydrogen (secondary N) is 2. The number of ether oxygens (including phenoxy) is 1. The molecule has 0 bridgehead atoms. The number of halogens is 2. The number of methoxy groups -OCH3 is 1. The number of hydrogen-bond acceptors (Lipinski definition) is 4. The van der Waals surface area contributed by atoms with Gasteiger partial charge in [-0.2, -0.15) is 0 Å². The van der Waals surface area contributed by atoms with Crippen LogP contribution in [0.2, 0.25) is 5.02 Å². The van der Waals surface area contributed by atoms with E-state index in [1.165, 1.54) is 19.2 Å². The SMILES string of the molecule is COc1ccc(NC(=O)c2ccccc2Cl)cc1NS(=O)(=O)c1ccc(F)cc1. The average molecular weight is 435 g/mol. The predicted molar refractivity (Wildman–Crippen MR) is 110 cm³/mol. The summed E-state index contributed by atoms with van der Waals surface area (Å²) in [4.78, 5) is 12.3. The quantitative estimate of drug-likeness (QED) is 0.596. The van der Waals surface area contributed by atoms with Crippen molar-refractivity contribution in [3.63, 3.8) is 0 Å². The molecule has 0 spiro atoms. The topological polar surface area (TPSA) is 84.5 Å². The lowest BCUT2D eigenvalue weighted by Crippen LogP contribution is -2.15. The number of benzene rings is 3. The van der Waals surface area contributed by atoms with E-state index in [9.17, 15) is 17.6 Å². The van der Waals surface area contributed by atoms with E-state index < -0.39 is 21.7 Å². The lowest BCUT2D eigenvalue weighted by molar-refractivity contribution is 0.102. The van der Waals surface area contributed by atoms with Gasteiger partial charge in [0.2, 0.25) is 0 Å². The Balaban J connectivity index is 1.88. The molecule has 6 nitrogen and oxygen atoms in total. The second-order valence-corrected chi connectivity index (χ2v) is 8.00. The third-order valence-corrected chi connectivity index (χ3v) is 5.66. The summed E-state index contributed by atoms with van der Waals surface area (Å²) in [6, 6.07) is 15.4. The third-order valence-electron chi connectivity index (χ3n) is 3.94. The maximum atomic E-state index is 13.1. The van der Waals surface area contributed by atoms with Crippen LogP contribution in [-0.4, -0.2) is 21.4 Å². The molecule has 0 aromatic heterocycles. The molecule has 150 valence electrons. The Morgan fingerprint density at radius 2 is 1.72 bits per heavy atom. The zero-order valence-corrected chi connectivity index (χ0v) is 16.7. The molecule has 0 saturated heterocycles. The molecule has 0 saturated carbocycles. The van der Waals surface area contributed by atoms with Gasteiger partial charge in [0.1, 0.15) is 11.6 Å². The molecule has 3 rings (SSSR count). The van der Waals surface area contributed by atoms with Gasteiger partial charge in [-0.3, -0.25) is 9.52 Å². The zero-order valence-electron chi connectivity index (χ0n) is 15.1. The van der Waals surface area contributed by atoms with Gasteiger partial charge < -0.3 is 10.1 Å². The minimum absolute atomic E-state index is 0.105. The molecular formula is C20H16ClFN2O4S. The van der Waals surface area contributed by atoms with Gasteiger partial charge in [0, 0.05) is 5.69 Å². The van der Waals surface area contributed by atoms with E-state index in [4.69, 9.17) is 16.3 Å². The molecule has 2 N–H and O–H groups in total. The Morgan fingerprint density at radius 3 is 2.38 bits per heavy atom. The number of amides is 1. The second-order valence-electron chi connectivity index (χ2n) is 5.91. The zero-order chi connectivity index (χ0) is 21.0. The first-order valence-corrected chi connectivity index (χ1v) is 10.2. The summed E-state index contributed by atoms with van der Waals surface area (Å²) in [5.74, 6) is -0.759. The van der Waals surface area contributed by atoms with Gasteiger partial charge in [-0.05, 0) is 54.6 Å². The van der Waals surface area contributed by atoms with Crippen LogP contribution in [0.4, 0.5) is 15.8 Å².